The van der Waals surface area contributed by atoms with Gasteiger partial charge in [0.25, 0.3) is 0 Å². The van der Waals surface area contributed by atoms with Gasteiger partial charge in [-0.25, -0.2) is 9.37 Å². The van der Waals surface area contributed by atoms with Crippen molar-refractivity contribution >= 4 is 32.9 Å². The van der Waals surface area contributed by atoms with Gasteiger partial charge in [-0.15, -0.1) is 0 Å². The van der Waals surface area contributed by atoms with E-state index in [-0.39, 0.29) is 5.82 Å². The number of hydrogen-bond acceptors (Lipinski definition) is 2. The molecule has 1 heterocycles. The maximum Gasteiger partial charge on any atom is 0.201 e. The Morgan fingerprint density at radius 3 is 2.74 bits per heavy atom. The van der Waals surface area contributed by atoms with Crippen molar-refractivity contribution in [2.24, 2.45) is 0 Å². The van der Waals surface area contributed by atoms with Crippen molar-refractivity contribution in [1.29, 1.82) is 0 Å². The number of rotatable bonds is 2. The summed E-state index contributed by atoms with van der Waals surface area (Å²) < 4.78 is 16.5. The minimum absolute atomic E-state index is 0.312. The van der Waals surface area contributed by atoms with Crippen molar-refractivity contribution < 1.29 is 4.39 Å². The highest BCUT2D eigenvalue weighted by molar-refractivity contribution is 9.10. The van der Waals surface area contributed by atoms with E-state index >= 15 is 0 Å². The summed E-state index contributed by atoms with van der Waals surface area (Å²) in [5.41, 5.74) is 7.97. The first-order chi connectivity index (χ1) is 9.16. The minimum atomic E-state index is -0.352. The van der Waals surface area contributed by atoms with Crippen LogP contribution in [0.2, 0.25) is 0 Å². The summed E-state index contributed by atoms with van der Waals surface area (Å²) in [6.07, 6.45) is 0. The molecule has 5 heteroatoms. The van der Waals surface area contributed by atoms with Gasteiger partial charge < -0.3 is 10.3 Å². The molecule has 1 aromatic heterocycles. The van der Waals surface area contributed by atoms with Crippen LogP contribution in [0.3, 0.4) is 0 Å². The van der Waals surface area contributed by atoms with Crippen LogP contribution >= 0.6 is 15.9 Å². The second kappa shape index (κ2) is 4.66. The molecule has 3 nitrogen and oxygen atoms in total. The normalized spacial score (nSPS) is 11.1. The van der Waals surface area contributed by atoms with E-state index in [9.17, 15) is 4.39 Å². The lowest BCUT2D eigenvalue weighted by Crippen LogP contribution is -2.04. The molecule has 0 fully saturated rings. The van der Waals surface area contributed by atoms with E-state index in [4.69, 9.17) is 5.73 Å². The number of nitrogen functional groups attached to an aromatic ring is 1. The number of fused-ring (bicyclic) bond motifs is 1. The van der Waals surface area contributed by atoms with Gasteiger partial charge in [0.2, 0.25) is 5.95 Å². The summed E-state index contributed by atoms with van der Waals surface area (Å²) in [7, 11) is 0. The van der Waals surface area contributed by atoms with Crippen LogP contribution in [0, 0.1) is 5.82 Å². The number of hydrogen-bond donors (Lipinski definition) is 1. The SMILES string of the molecule is Nc1nc2c(F)cccc2n1Cc1ccccc1Br. The fourth-order valence-electron chi connectivity index (χ4n) is 2.09. The molecule has 0 saturated heterocycles. The molecule has 2 aromatic carbocycles. The Morgan fingerprint density at radius 2 is 1.95 bits per heavy atom. The molecule has 0 spiro atoms. The fourth-order valence-corrected chi connectivity index (χ4v) is 2.50. The summed E-state index contributed by atoms with van der Waals surface area (Å²) in [4.78, 5) is 4.09. The van der Waals surface area contributed by atoms with Crippen molar-refractivity contribution in [1.82, 2.24) is 9.55 Å². The van der Waals surface area contributed by atoms with Crippen LogP contribution in [0.4, 0.5) is 10.3 Å². The summed E-state index contributed by atoms with van der Waals surface area (Å²) in [6, 6.07) is 12.7. The average Bonchev–Trinajstić information content (AvgIpc) is 2.71. The molecule has 0 saturated carbocycles. The largest absolute Gasteiger partial charge is 0.369 e. The van der Waals surface area contributed by atoms with E-state index in [0.29, 0.717) is 23.5 Å². The number of nitrogens with two attached hydrogens (primary N) is 1. The van der Waals surface area contributed by atoms with Crippen molar-refractivity contribution in [3.05, 3.63) is 58.3 Å². The van der Waals surface area contributed by atoms with Gasteiger partial charge in [-0.3, -0.25) is 0 Å². The van der Waals surface area contributed by atoms with E-state index in [1.54, 1.807) is 10.6 Å². The van der Waals surface area contributed by atoms with Crippen LogP contribution in [0.25, 0.3) is 11.0 Å². The molecule has 3 rings (SSSR count). The van der Waals surface area contributed by atoms with Gasteiger partial charge in [-0.05, 0) is 23.8 Å². The third-order valence-corrected chi connectivity index (χ3v) is 3.82. The third kappa shape index (κ3) is 2.10. The summed E-state index contributed by atoms with van der Waals surface area (Å²) in [6.45, 7) is 0.549. The first-order valence-electron chi connectivity index (χ1n) is 5.80. The lowest BCUT2D eigenvalue weighted by atomic mass is 10.2. The quantitative estimate of drug-likeness (QED) is 0.784. The molecule has 0 amide bonds. The van der Waals surface area contributed by atoms with Crippen LogP contribution in [-0.4, -0.2) is 9.55 Å². The van der Waals surface area contributed by atoms with E-state index in [1.165, 1.54) is 6.07 Å². The highest BCUT2D eigenvalue weighted by Gasteiger charge is 2.12. The van der Waals surface area contributed by atoms with E-state index in [1.807, 2.05) is 30.3 Å². The van der Waals surface area contributed by atoms with Crippen LogP contribution in [-0.2, 0) is 6.54 Å². The molecule has 0 radical (unpaired) electrons. The zero-order valence-electron chi connectivity index (χ0n) is 9.98. The maximum atomic E-state index is 13.7. The van der Waals surface area contributed by atoms with Crippen LogP contribution in [0.15, 0.2) is 46.9 Å². The van der Waals surface area contributed by atoms with Gasteiger partial charge in [0.1, 0.15) is 5.52 Å². The number of imidazole rings is 1. The van der Waals surface area contributed by atoms with Crippen molar-refractivity contribution in [3.63, 3.8) is 0 Å². The van der Waals surface area contributed by atoms with Crippen LogP contribution < -0.4 is 5.73 Å². The van der Waals surface area contributed by atoms with Gasteiger partial charge in [-0.1, -0.05) is 40.2 Å². The number of para-hydroxylation sites is 1. The second-order valence-corrected chi connectivity index (χ2v) is 5.11. The van der Waals surface area contributed by atoms with E-state index < -0.39 is 0 Å². The van der Waals surface area contributed by atoms with Crippen LogP contribution in [0.5, 0.6) is 0 Å². The third-order valence-electron chi connectivity index (χ3n) is 3.05. The predicted octanol–water partition coefficient (Wildman–Crippen LogP) is 3.57. The molecule has 0 aliphatic rings. The molecule has 0 aliphatic carbocycles. The molecular formula is C14H11BrFN3. The van der Waals surface area contributed by atoms with Crippen molar-refractivity contribution in [2.45, 2.75) is 6.54 Å². The first-order valence-corrected chi connectivity index (χ1v) is 6.60. The highest BCUT2D eigenvalue weighted by atomic mass is 79.9. The molecule has 2 N–H and O–H groups in total. The summed E-state index contributed by atoms with van der Waals surface area (Å²) >= 11 is 3.50. The standard InChI is InChI=1S/C14H11BrFN3/c15-10-5-2-1-4-9(10)8-19-12-7-3-6-11(16)13(12)18-14(19)17/h1-7H,8H2,(H2,17,18). The van der Waals surface area contributed by atoms with Gasteiger partial charge in [0, 0.05) is 4.47 Å². The van der Waals surface area contributed by atoms with Gasteiger partial charge in [0.15, 0.2) is 5.82 Å². The average molecular weight is 320 g/mol. The molecule has 3 aromatic rings. The molecule has 0 unspecified atom stereocenters. The van der Waals surface area contributed by atoms with Crippen LogP contribution in [0.1, 0.15) is 5.56 Å². The smallest absolute Gasteiger partial charge is 0.201 e. The number of halogens is 2. The Balaban J connectivity index is 2.13. The van der Waals surface area contributed by atoms with Gasteiger partial charge >= 0.3 is 0 Å². The summed E-state index contributed by atoms with van der Waals surface area (Å²) in [5.74, 6) is -0.0362. The molecule has 0 bridgehead atoms. The summed E-state index contributed by atoms with van der Waals surface area (Å²) in [5, 5.41) is 0. The first kappa shape index (κ1) is 12.2. The number of nitrogens with zero attached hydrogens (tertiary/aromatic N) is 2. The highest BCUT2D eigenvalue weighted by Crippen LogP contribution is 2.24. The molecule has 0 aliphatic heterocycles. The predicted molar refractivity (Wildman–Crippen MR) is 77.3 cm³/mol. The Kier molecular flexibility index (Phi) is 2.98. The number of aromatic nitrogens is 2. The van der Waals surface area contributed by atoms with E-state index in [2.05, 4.69) is 20.9 Å². The zero-order chi connectivity index (χ0) is 13.4. The Hall–Kier alpha value is -1.88. The number of anilines is 1. The second-order valence-electron chi connectivity index (χ2n) is 4.26. The Bertz CT molecular complexity index is 752. The topological polar surface area (TPSA) is 43.8 Å². The van der Waals surface area contributed by atoms with E-state index in [0.717, 1.165) is 10.0 Å². The maximum absolute atomic E-state index is 13.7. The fraction of sp³-hybridized carbons (Fsp3) is 0.0714. The van der Waals surface area contributed by atoms with Crippen molar-refractivity contribution in [2.75, 3.05) is 5.73 Å². The van der Waals surface area contributed by atoms with Gasteiger partial charge in [0.05, 0.1) is 12.1 Å². The Labute approximate surface area is 118 Å². The number of benzene rings is 2. The monoisotopic (exact) mass is 319 g/mol. The van der Waals surface area contributed by atoms with Crippen molar-refractivity contribution in [3.8, 4) is 0 Å². The van der Waals surface area contributed by atoms with Gasteiger partial charge in [-0.2, -0.15) is 0 Å². The molecule has 19 heavy (non-hydrogen) atoms. The minimum Gasteiger partial charge on any atom is -0.369 e. The lowest BCUT2D eigenvalue weighted by Gasteiger charge is -2.08. The zero-order valence-corrected chi connectivity index (χ0v) is 11.6. The Morgan fingerprint density at radius 1 is 1.16 bits per heavy atom. The molecule has 96 valence electrons. The lowest BCUT2D eigenvalue weighted by molar-refractivity contribution is 0.637. The molecule has 0 atom stereocenters. The molecular weight excluding hydrogens is 309 g/mol.